The van der Waals surface area contributed by atoms with Crippen LogP contribution >= 0.6 is 0 Å². The fraction of sp³-hybridized carbons (Fsp3) is 0.704. The van der Waals surface area contributed by atoms with Gasteiger partial charge in [-0.05, 0) is 39.3 Å². The quantitative estimate of drug-likeness (QED) is 0.571. The molecule has 3 heterocycles. The zero-order chi connectivity index (χ0) is 24.1. The Hall–Kier alpha value is -2.28. The Bertz CT molecular complexity index is 972. The van der Waals surface area contributed by atoms with Crippen LogP contribution in [0.25, 0.3) is 11.1 Å². The number of hydrogen-bond acceptors (Lipinski definition) is 4. The first-order valence-corrected chi connectivity index (χ1v) is 13.4. The largest absolute Gasteiger partial charge is 0.463 e. The number of carbonyl (C=O) groups is 2. The van der Waals surface area contributed by atoms with Crippen molar-refractivity contribution in [2.24, 2.45) is 0 Å². The molecule has 7 nitrogen and oxygen atoms in total. The number of nitrogens with one attached hydrogen (secondary N) is 1. The average Bonchev–Trinajstić information content (AvgIpc) is 3.39. The number of fused-ring (bicyclic) bond motifs is 3. The maximum Gasteiger partial charge on any atom is 0.271 e. The third kappa shape index (κ3) is 5.04. The molecule has 0 saturated heterocycles. The van der Waals surface area contributed by atoms with Crippen LogP contribution in [-0.4, -0.2) is 63.9 Å². The molecule has 1 aliphatic heterocycles. The molecule has 1 aliphatic carbocycles. The van der Waals surface area contributed by atoms with Gasteiger partial charge in [0.1, 0.15) is 11.2 Å². The summed E-state index contributed by atoms with van der Waals surface area (Å²) in [5.74, 6) is -0.112. The van der Waals surface area contributed by atoms with E-state index >= 15 is 0 Å². The zero-order valence-corrected chi connectivity index (χ0v) is 21.3. The number of aromatic nitrogens is 1. The third-order valence-electron chi connectivity index (χ3n) is 7.89. The minimum atomic E-state index is -0.945. The Balaban J connectivity index is 1.59. The Morgan fingerprint density at radius 1 is 1.18 bits per heavy atom. The van der Waals surface area contributed by atoms with E-state index in [2.05, 4.69) is 24.1 Å². The van der Waals surface area contributed by atoms with Gasteiger partial charge in [-0.2, -0.15) is 0 Å². The number of amides is 2. The van der Waals surface area contributed by atoms with Crippen LogP contribution in [0.4, 0.5) is 0 Å². The van der Waals surface area contributed by atoms with E-state index in [4.69, 9.17) is 4.42 Å². The van der Waals surface area contributed by atoms with Gasteiger partial charge < -0.3 is 24.1 Å². The van der Waals surface area contributed by atoms with Crippen LogP contribution in [0.15, 0.2) is 22.8 Å². The standard InChI is InChI=1S/C27H42N4O3/c1-4-6-15-29(5-2)16-17-31-25(32)23-19-24-22(14-18-34-24)30(23)20-27(31,3)26(33)28-21-12-10-8-7-9-11-13-21/h14,18-19,21H,4-13,15-17,20H2,1-3H3,(H,28,33). The third-order valence-corrected chi connectivity index (χ3v) is 7.89. The molecule has 2 aliphatic rings. The van der Waals surface area contributed by atoms with Crippen molar-refractivity contribution >= 4 is 22.9 Å². The molecule has 188 valence electrons. The Morgan fingerprint density at radius 3 is 2.62 bits per heavy atom. The SMILES string of the molecule is CCCCN(CC)CCN1C(=O)c2cc3occc3n2CC1(C)C(=O)NC1CCCCCCC1. The minimum Gasteiger partial charge on any atom is -0.463 e. The summed E-state index contributed by atoms with van der Waals surface area (Å²) >= 11 is 0. The van der Waals surface area contributed by atoms with Crippen molar-refractivity contribution in [3.63, 3.8) is 0 Å². The highest BCUT2D eigenvalue weighted by molar-refractivity contribution is 6.02. The number of nitrogens with zero attached hydrogens (tertiary/aromatic N) is 3. The topological polar surface area (TPSA) is 70.7 Å². The van der Waals surface area contributed by atoms with Gasteiger partial charge in [-0.25, -0.2) is 0 Å². The van der Waals surface area contributed by atoms with E-state index < -0.39 is 5.54 Å². The van der Waals surface area contributed by atoms with E-state index in [-0.39, 0.29) is 17.9 Å². The number of likely N-dealkylation sites (N-methyl/N-ethyl adjacent to an activating group) is 1. The monoisotopic (exact) mass is 470 g/mol. The van der Waals surface area contributed by atoms with Crippen molar-refractivity contribution < 1.29 is 14.0 Å². The van der Waals surface area contributed by atoms with Gasteiger partial charge in [-0.15, -0.1) is 0 Å². The number of unbranched alkanes of at least 4 members (excludes halogenated alkanes) is 1. The number of furan rings is 1. The summed E-state index contributed by atoms with van der Waals surface area (Å²) in [6, 6.07) is 3.91. The number of hydrogen-bond donors (Lipinski definition) is 1. The molecule has 1 saturated carbocycles. The first kappa shape index (κ1) is 24.8. The molecule has 0 aromatic carbocycles. The summed E-state index contributed by atoms with van der Waals surface area (Å²) in [5.41, 5.74) is 1.25. The molecule has 1 unspecified atom stereocenters. The molecule has 7 heteroatoms. The van der Waals surface area contributed by atoms with Crippen LogP contribution in [0.3, 0.4) is 0 Å². The van der Waals surface area contributed by atoms with E-state index in [0.717, 1.165) is 63.7 Å². The predicted molar refractivity (Wildman–Crippen MR) is 135 cm³/mol. The van der Waals surface area contributed by atoms with E-state index in [0.29, 0.717) is 24.4 Å². The highest BCUT2D eigenvalue weighted by Crippen LogP contribution is 2.33. The van der Waals surface area contributed by atoms with Gasteiger partial charge in [-0.3, -0.25) is 9.59 Å². The fourth-order valence-electron chi connectivity index (χ4n) is 5.62. The minimum absolute atomic E-state index is 0.0287. The predicted octanol–water partition coefficient (Wildman–Crippen LogP) is 4.80. The molecular formula is C27H42N4O3. The second-order valence-corrected chi connectivity index (χ2v) is 10.3. The highest BCUT2D eigenvalue weighted by Gasteiger charge is 2.48. The number of rotatable bonds is 9. The fourth-order valence-corrected chi connectivity index (χ4v) is 5.62. The van der Waals surface area contributed by atoms with Crippen LogP contribution in [0.2, 0.25) is 0 Å². The Morgan fingerprint density at radius 2 is 1.91 bits per heavy atom. The normalized spacial score (nSPS) is 22.1. The van der Waals surface area contributed by atoms with Gasteiger partial charge >= 0.3 is 0 Å². The van der Waals surface area contributed by atoms with E-state index in [9.17, 15) is 9.59 Å². The summed E-state index contributed by atoms with van der Waals surface area (Å²) < 4.78 is 7.57. The summed E-state index contributed by atoms with van der Waals surface area (Å²) in [6.07, 6.45) is 12.1. The van der Waals surface area contributed by atoms with Gasteiger partial charge in [0.15, 0.2) is 5.58 Å². The first-order chi connectivity index (χ1) is 16.5. The molecule has 34 heavy (non-hydrogen) atoms. The molecule has 1 fully saturated rings. The maximum absolute atomic E-state index is 13.9. The van der Waals surface area contributed by atoms with Crippen LogP contribution in [0, 0.1) is 0 Å². The molecule has 1 N–H and O–H groups in total. The molecular weight excluding hydrogens is 428 g/mol. The lowest BCUT2D eigenvalue weighted by molar-refractivity contribution is -0.133. The van der Waals surface area contributed by atoms with Gasteiger partial charge in [-0.1, -0.05) is 52.4 Å². The van der Waals surface area contributed by atoms with E-state index in [1.807, 2.05) is 28.5 Å². The maximum atomic E-state index is 13.9. The zero-order valence-electron chi connectivity index (χ0n) is 21.3. The summed E-state index contributed by atoms with van der Waals surface area (Å²) in [5, 5.41) is 3.37. The second-order valence-electron chi connectivity index (χ2n) is 10.3. The molecule has 2 aromatic rings. The molecule has 0 spiro atoms. The van der Waals surface area contributed by atoms with Crippen molar-refractivity contribution in [1.82, 2.24) is 19.7 Å². The van der Waals surface area contributed by atoms with Crippen molar-refractivity contribution in [2.75, 3.05) is 26.2 Å². The van der Waals surface area contributed by atoms with Crippen LogP contribution in [0.1, 0.15) is 89.0 Å². The van der Waals surface area contributed by atoms with Crippen LogP contribution in [0.5, 0.6) is 0 Å². The lowest BCUT2D eigenvalue weighted by Gasteiger charge is -2.45. The van der Waals surface area contributed by atoms with Gasteiger partial charge in [0.05, 0.1) is 18.3 Å². The summed E-state index contributed by atoms with van der Waals surface area (Å²) in [4.78, 5) is 31.9. The van der Waals surface area contributed by atoms with Gasteiger partial charge in [0.25, 0.3) is 5.91 Å². The highest BCUT2D eigenvalue weighted by atomic mass is 16.3. The van der Waals surface area contributed by atoms with Crippen molar-refractivity contribution in [3.05, 3.63) is 24.1 Å². The molecule has 2 amide bonds. The van der Waals surface area contributed by atoms with Gasteiger partial charge in [0.2, 0.25) is 5.91 Å². The molecule has 0 radical (unpaired) electrons. The molecule has 0 bridgehead atoms. The van der Waals surface area contributed by atoms with Crippen molar-refractivity contribution in [3.8, 4) is 0 Å². The average molecular weight is 471 g/mol. The second kappa shape index (κ2) is 11.0. The Labute approximate surface area is 203 Å². The lowest BCUT2D eigenvalue weighted by atomic mass is 9.92. The first-order valence-electron chi connectivity index (χ1n) is 13.4. The van der Waals surface area contributed by atoms with Crippen molar-refractivity contribution in [1.29, 1.82) is 0 Å². The smallest absolute Gasteiger partial charge is 0.271 e. The van der Waals surface area contributed by atoms with E-state index in [1.165, 1.54) is 19.3 Å². The molecule has 2 aromatic heterocycles. The molecule has 4 rings (SSSR count). The molecule has 1 atom stereocenters. The van der Waals surface area contributed by atoms with Crippen LogP contribution in [-0.2, 0) is 11.3 Å². The lowest BCUT2D eigenvalue weighted by Crippen LogP contribution is -2.65. The van der Waals surface area contributed by atoms with Crippen molar-refractivity contribution in [2.45, 2.75) is 96.7 Å². The summed E-state index contributed by atoms with van der Waals surface area (Å²) in [6.45, 7) is 10.0. The number of carbonyl (C=O) groups excluding carboxylic acids is 2. The summed E-state index contributed by atoms with van der Waals surface area (Å²) in [7, 11) is 0. The van der Waals surface area contributed by atoms with Gasteiger partial charge in [0, 0.05) is 31.3 Å². The van der Waals surface area contributed by atoms with Crippen LogP contribution < -0.4 is 5.32 Å². The van der Waals surface area contributed by atoms with E-state index in [1.54, 1.807) is 6.26 Å². The Kier molecular flexibility index (Phi) is 8.02.